The summed E-state index contributed by atoms with van der Waals surface area (Å²) in [6.07, 6.45) is 0.554. The Kier molecular flexibility index (Phi) is 7.72. The first-order chi connectivity index (χ1) is 19.4. The minimum atomic E-state index is -1.02. The third-order valence-corrected chi connectivity index (χ3v) is 6.30. The molecular weight excluding hydrogens is 511 g/mol. The molecule has 0 radical (unpaired) electrons. The van der Waals surface area contributed by atoms with E-state index in [1.54, 1.807) is 18.2 Å². The Hall–Kier alpha value is -5.18. The highest BCUT2D eigenvalue weighted by Gasteiger charge is 2.19. The predicted octanol–water partition coefficient (Wildman–Crippen LogP) is 5.69. The van der Waals surface area contributed by atoms with Crippen LogP contribution < -0.4 is 5.32 Å². The average molecular weight is 537 g/mol. The number of hydrogen-bond donors (Lipinski definition) is 1. The zero-order chi connectivity index (χ0) is 28.1. The van der Waals surface area contributed by atoms with Crippen LogP contribution in [0.5, 0.6) is 0 Å². The number of ether oxygens (including phenoxy) is 1. The molecule has 5 aromatic rings. The standard InChI is InChI=1S/C31H25FN4O4/c1-19-3-8-22(9-4-19)27-17-24(13-14-33-27)30(38)34-28(39-18-37)16-21-7-12-25(26(32)15-21)29-35-31(40-36-29)23-10-5-20(2)6-11-23/h3-15,17-18,28H,16H2,1-2H3,(H,34,38). The van der Waals surface area contributed by atoms with Crippen LogP contribution in [0.15, 0.2) is 89.6 Å². The second kappa shape index (κ2) is 11.7. The van der Waals surface area contributed by atoms with E-state index in [4.69, 9.17) is 9.26 Å². The SMILES string of the molecule is Cc1ccc(-c2cc(C(=O)NC(Cc3ccc(-c4noc(-c5ccc(C)cc5)n4)c(F)c3)OC=O)ccn2)cc1. The van der Waals surface area contributed by atoms with E-state index in [2.05, 4.69) is 20.4 Å². The minimum absolute atomic E-state index is 0.0401. The van der Waals surface area contributed by atoms with Crippen LogP contribution >= 0.6 is 0 Å². The van der Waals surface area contributed by atoms with E-state index < -0.39 is 18.0 Å². The van der Waals surface area contributed by atoms with Gasteiger partial charge in [0.2, 0.25) is 5.82 Å². The molecule has 1 amide bonds. The first kappa shape index (κ1) is 26.4. The van der Waals surface area contributed by atoms with Crippen molar-refractivity contribution < 1.29 is 23.2 Å². The number of rotatable bonds is 9. The minimum Gasteiger partial charge on any atom is -0.444 e. The number of carbonyl (C=O) groups is 2. The number of amides is 1. The molecule has 0 saturated heterocycles. The Balaban J connectivity index is 1.29. The molecule has 3 aromatic carbocycles. The second-order valence-electron chi connectivity index (χ2n) is 9.30. The number of benzene rings is 3. The Labute approximate surface area is 229 Å². The summed E-state index contributed by atoms with van der Waals surface area (Å²) in [6.45, 7) is 4.20. The lowest BCUT2D eigenvalue weighted by Crippen LogP contribution is -2.38. The zero-order valence-electron chi connectivity index (χ0n) is 21.8. The summed E-state index contributed by atoms with van der Waals surface area (Å²) in [5.74, 6) is -0.657. The molecule has 0 aliphatic rings. The lowest BCUT2D eigenvalue weighted by molar-refractivity contribution is -0.134. The number of hydrogen-bond acceptors (Lipinski definition) is 7. The van der Waals surface area contributed by atoms with Gasteiger partial charge < -0.3 is 14.6 Å². The van der Waals surface area contributed by atoms with Crippen molar-refractivity contribution in [2.45, 2.75) is 26.5 Å². The molecule has 8 nitrogen and oxygen atoms in total. The fraction of sp³-hybridized carbons (Fsp3) is 0.129. The van der Waals surface area contributed by atoms with E-state index in [0.29, 0.717) is 16.8 Å². The van der Waals surface area contributed by atoms with Gasteiger partial charge in [0.15, 0.2) is 6.23 Å². The molecule has 1 atom stereocenters. The molecule has 1 unspecified atom stereocenters. The van der Waals surface area contributed by atoms with Crippen LogP contribution in [0, 0.1) is 19.7 Å². The van der Waals surface area contributed by atoms with Crippen molar-refractivity contribution in [3.63, 3.8) is 0 Å². The van der Waals surface area contributed by atoms with Crippen molar-refractivity contribution in [3.8, 4) is 34.1 Å². The third kappa shape index (κ3) is 6.10. The van der Waals surface area contributed by atoms with Gasteiger partial charge in [-0.1, -0.05) is 58.7 Å². The number of halogens is 1. The molecule has 0 spiro atoms. The Bertz CT molecular complexity index is 1650. The largest absolute Gasteiger partial charge is 0.444 e. The summed E-state index contributed by atoms with van der Waals surface area (Å²) in [7, 11) is 0. The van der Waals surface area contributed by atoms with Gasteiger partial charge in [0.05, 0.1) is 11.3 Å². The molecule has 5 rings (SSSR count). The lowest BCUT2D eigenvalue weighted by Gasteiger charge is -2.17. The third-order valence-electron chi connectivity index (χ3n) is 6.30. The summed E-state index contributed by atoms with van der Waals surface area (Å²) < 4.78 is 25.5. The predicted molar refractivity (Wildman–Crippen MR) is 146 cm³/mol. The van der Waals surface area contributed by atoms with Gasteiger partial charge in [0.25, 0.3) is 18.3 Å². The molecule has 9 heteroatoms. The van der Waals surface area contributed by atoms with Crippen LogP contribution in [-0.2, 0) is 16.0 Å². The zero-order valence-corrected chi connectivity index (χ0v) is 21.8. The maximum absolute atomic E-state index is 15.1. The van der Waals surface area contributed by atoms with Crippen molar-refractivity contribution in [1.29, 1.82) is 0 Å². The fourth-order valence-electron chi connectivity index (χ4n) is 4.11. The fourth-order valence-corrected chi connectivity index (χ4v) is 4.11. The Morgan fingerprint density at radius 3 is 2.35 bits per heavy atom. The maximum Gasteiger partial charge on any atom is 0.295 e. The second-order valence-corrected chi connectivity index (χ2v) is 9.30. The number of carbonyl (C=O) groups excluding carboxylic acids is 2. The molecule has 200 valence electrons. The quantitative estimate of drug-likeness (QED) is 0.190. The first-order valence-corrected chi connectivity index (χ1v) is 12.5. The van der Waals surface area contributed by atoms with Crippen molar-refractivity contribution in [1.82, 2.24) is 20.4 Å². The van der Waals surface area contributed by atoms with Crippen LogP contribution in [-0.4, -0.2) is 33.7 Å². The van der Waals surface area contributed by atoms with Gasteiger partial charge in [-0.3, -0.25) is 14.6 Å². The molecule has 0 bridgehead atoms. The van der Waals surface area contributed by atoms with Gasteiger partial charge in [-0.25, -0.2) is 4.39 Å². The van der Waals surface area contributed by atoms with Crippen LogP contribution in [0.4, 0.5) is 4.39 Å². The molecule has 1 N–H and O–H groups in total. The Morgan fingerprint density at radius 1 is 0.975 bits per heavy atom. The van der Waals surface area contributed by atoms with Gasteiger partial charge in [0.1, 0.15) is 5.82 Å². The summed E-state index contributed by atoms with van der Waals surface area (Å²) in [4.78, 5) is 32.8. The molecule has 2 heterocycles. The van der Waals surface area contributed by atoms with Crippen molar-refractivity contribution in [2.24, 2.45) is 0 Å². The van der Waals surface area contributed by atoms with E-state index >= 15 is 4.39 Å². The van der Waals surface area contributed by atoms with Gasteiger partial charge in [0, 0.05) is 29.3 Å². The molecule has 0 saturated carbocycles. The average Bonchev–Trinajstić information content (AvgIpc) is 3.44. The highest BCUT2D eigenvalue weighted by Crippen LogP contribution is 2.26. The number of nitrogens with one attached hydrogen (secondary N) is 1. The van der Waals surface area contributed by atoms with Crippen molar-refractivity contribution in [3.05, 3.63) is 113 Å². The lowest BCUT2D eigenvalue weighted by atomic mass is 10.1. The number of nitrogens with zero attached hydrogens (tertiary/aromatic N) is 3. The van der Waals surface area contributed by atoms with E-state index in [0.717, 1.165) is 22.3 Å². The van der Waals surface area contributed by atoms with Gasteiger partial charge in [-0.2, -0.15) is 4.98 Å². The van der Waals surface area contributed by atoms with Crippen LogP contribution in [0.3, 0.4) is 0 Å². The molecule has 0 aliphatic carbocycles. The molecule has 0 fully saturated rings. The summed E-state index contributed by atoms with van der Waals surface area (Å²) >= 11 is 0. The first-order valence-electron chi connectivity index (χ1n) is 12.5. The smallest absolute Gasteiger partial charge is 0.295 e. The summed E-state index contributed by atoms with van der Waals surface area (Å²) in [5, 5.41) is 6.59. The molecule has 2 aromatic heterocycles. The topological polar surface area (TPSA) is 107 Å². The monoisotopic (exact) mass is 536 g/mol. The Morgan fingerprint density at radius 2 is 1.68 bits per heavy atom. The van der Waals surface area contributed by atoms with Crippen LogP contribution in [0.2, 0.25) is 0 Å². The maximum atomic E-state index is 15.1. The molecular formula is C31H25FN4O4. The van der Waals surface area contributed by atoms with E-state index in [-0.39, 0.29) is 30.2 Å². The van der Waals surface area contributed by atoms with Crippen molar-refractivity contribution in [2.75, 3.05) is 0 Å². The summed E-state index contributed by atoms with van der Waals surface area (Å²) in [6, 6.07) is 23.0. The van der Waals surface area contributed by atoms with E-state index in [9.17, 15) is 9.59 Å². The van der Waals surface area contributed by atoms with Crippen LogP contribution in [0.1, 0.15) is 27.0 Å². The van der Waals surface area contributed by atoms with Gasteiger partial charge in [-0.15, -0.1) is 0 Å². The van der Waals surface area contributed by atoms with E-state index in [1.165, 1.54) is 18.3 Å². The highest BCUT2D eigenvalue weighted by atomic mass is 19.1. The number of pyridine rings is 1. The van der Waals surface area contributed by atoms with E-state index in [1.807, 2.05) is 62.4 Å². The highest BCUT2D eigenvalue weighted by molar-refractivity contribution is 5.95. The normalized spacial score (nSPS) is 11.6. The summed E-state index contributed by atoms with van der Waals surface area (Å²) in [5.41, 5.74) is 5.41. The van der Waals surface area contributed by atoms with Gasteiger partial charge >= 0.3 is 0 Å². The van der Waals surface area contributed by atoms with Crippen LogP contribution in [0.25, 0.3) is 34.1 Å². The van der Waals surface area contributed by atoms with Gasteiger partial charge in [-0.05, 0) is 55.8 Å². The number of aromatic nitrogens is 3. The number of aryl methyl sites for hydroxylation is 2. The van der Waals surface area contributed by atoms with Crippen molar-refractivity contribution >= 4 is 12.4 Å². The molecule has 40 heavy (non-hydrogen) atoms. The molecule has 0 aliphatic heterocycles.